The standard InChI is InChI=1S/C15H16BNO2/c1-14(2)15(3,4)19-16(18-14)13-9-5-7-12(11-13)8-6-10-17/h5,7,9,11H,1-4H3. The van der Waals surface area contributed by atoms with Gasteiger partial charge in [-0.05, 0) is 45.3 Å². The van der Waals surface area contributed by atoms with Crippen LogP contribution in [0.4, 0.5) is 0 Å². The SMILES string of the molecule is CC1(C)OB(c2cccc(C#CC#N)c2)OC1(C)C. The fourth-order valence-electron chi connectivity index (χ4n) is 1.84. The summed E-state index contributed by atoms with van der Waals surface area (Å²) < 4.78 is 11.9. The second kappa shape index (κ2) is 4.74. The van der Waals surface area contributed by atoms with Gasteiger partial charge in [0, 0.05) is 11.5 Å². The molecule has 1 fully saturated rings. The molecular weight excluding hydrogens is 237 g/mol. The first-order valence-electron chi connectivity index (χ1n) is 6.21. The molecule has 0 aromatic heterocycles. The van der Waals surface area contributed by atoms with Crippen LogP contribution in [-0.2, 0) is 9.31 Å². The lowest BCUT2D eigenvalue weighted by molar-refractivity contribution is 0.00578. The predicted octanol–water partition coefficient (Wildman–Crippen LogP) is 1.86. The van der Waals surface area contributed by atoms with Crippen LogP contribution in [-0.4, -0.2) is 18.3 Å². The van der Waals surface area contributed by atoms with E-state index >= 15 is 0 Å². The molecule has 96 valence electrons. The van der Waals surface area contributed by atoms with Gasteiger partial charge >= 0.3 is 7.12 Å². The van der Waals surface area contributed by atoms with E-state index in [9.17, 15) is 0 Å². The Morgan fingerprint density at radius 2 is 1.74 bits per heavy atom. The lowest BCUT2D eigenvalue weighted by atomic mass is 9.78. The third kappa shape index (κ3) is 2.66. The summed E-state index contributed by atoms with van der Waals surface area (Å²) in [5.41, 5.74) is 0.995. The summed E-state index contributed by atoms with van der Waals surface area (Å²) in [5.74, 6) is 5.17. The Bertz CT molecular complexity index is 574. The van der Waals surface area contributed by atoms with E-state index < -0.39 is 7.12 Å². The molecule has 19 heavy (non-hydrogen) atoms. The van der Waals surface area contributed by atoms with Gasteiger partial charge in [0.1, 0.15) is 0 Å². The van der Waals surface area contributed by atoms with Crippen LogP contribution in [0, 0.1) is 23.2 Å². The van der Waals surface area contributed by atoms with Crippen molar-refractivity contribution in [2.75, 3.05) is 0 Å². The minimum absolute atomic E-state index is 0.355. The second-order valence-electron chi connectivity index (χ2n) is 5.58. The van der Waals surface area contributed by atoms with E-state index in [-0.39, 0.29) is 11.2 Å². The highest BCUT2D eigenvalue weighted by atomic mass is 16.7. The minimum Gasteiger partial charge on any atom is -0.399 e. The van der Waals surface area contributed by atoms with Gasteiger partial charge in [-0.3, -0.25) is 0 Å². The van der Waals surface area contributed by atoms with Crippen molar-refractivity contribution in [1.29, 1.82) is 5.26 Å². The summed E-state index contributed by atoms with van der Waals surface area (Å²) in [7, 11) is -0.395. The van der Waals surface area contributed by atoms with Crippen molar-refractivity contribution in [2.24, 2.45) is 0 Å². The van der Waals surface area contributed by atoms with E-state index in [0.717, 1.165) is 11.0 Å². The molecule has 0 saturated carbocycles. The molecule has 0 aliphatic carbocycles. The van der Waals surface area contributed by atoms with E-state index in [2.05, 4.69) is 11.8 Å². The fraction of sp³-hybridized carbons (Fsp3) is 0.400. The molecule has 1 aromatic carbocycles. The van der Waals surface area contributed by atoms with Gasteiger partial charge in [0.25, 0.3) is 0 Å². The number of benzene rings is 1. The average molecular weight is 253 g/mol. The molecule has 0 bridgehead atoms. The van der Waals surface area contributed by atoms with Gasteiger partial charge in [0.05, 0.1) is 11.2 Å². The fourth-order valence-corrected chi connectivity index (χ4v) is 1.84. The van der Waals surface area contributed by atoms with Crippen molar-refractivity contribution in [3.05, 3.63) is 29.8 Å². The number of rotatable bonds is 1. The molecule has 1 aliphatic heterocycles. The van der Waals surface area contributed by atoms with E-state index in [0.29, 0.717) is 0 Å². The Kier molecular flexibility index (Phi) is 3.41. The molecule has 0 spiro atoms. The van der Waals surface area contributed by atoms with Crippen LogP contribution < -0.4 is 5.46 Å². The van der Waals surface area contributed by atoms with Crippen LogP contribution in [0.1, 0.15) is 33.3 Å². The zero-order valence-corrected chi connectivity index (χ0v) is 11.7. The van der Waals surface area contributed by atoms with Gasteiger partial charge in [-0.25, -0.2) is 0 Å². The summed E-state index contributed by atoms with van der Waals surface area (Å²) in [6.45, 7) is 8.08. The van der Waals surface area contributed by atoms with Crippen LogP contribution >= 0.6 is 0 Å². The highest BCUT2D eigenvalue weighted by molar-refractivity contribution is 6.62. The topological polar surface area (TPSA) is 42.2 Å². The number of hydrogen-bond acceptors (Lipinski definition) is 3. The third-order valence-corrected chi connectivity index (χ3v) is 3.67. The smallest absolute Gasteiger partial charge is 0.399 e. The normalized spacial score (nSPS) is 19.4. The Hall–Kier alpha value is -1.75. The molecule has 1 heterocycles. The van der Waals surface area contributed by atoms with Gasteiger partial charge in [-0.2, -0.15) is 5.26 Å². The van der Waals surface area contributed by atoms with E-state index in [4.69, 9.17) is 14.6 Å². The first kappa shape index (κ1) is 13.7. The first-order valence-corrected chi connectivity index (χ1v) is 6.21. The summed E-state index contributed by atoms with van der Waals surface area (Å²) >= 11 is 0. The molecule has 3 nitrogen and oxygen atoms in total. The molecule has 0 amide bonds. The molecule has 0 unspecified atom stereocenters. The van der Waals surface area contributed by atoms with Gasteiger partial charge in [-0.1, -0.05) is 18.1 Å². The van der Waals surface area contributed by atoms with Crippen molar-refractivity contribution in [1.82, 2.24) is 0 Å². The summed E-state index contributed by atoms with van der Waals surface area (Å²) in [6, 6.07) is 9.40. The Morgan fingerprint density at radius 3 is 2.32 bits per heavy atom. The number of nitriles is 1. The molecule has 1 aromatic rings. The maximum absolute atomic E-state index is 8.47. The zero-order chi connectivity index (χ0) is 14.1. The maximum atomic E-state index is 8.47. The van der Waals surface area contributed by atoms with Crippen molar-refractivity contribution in [3.63, 3.8) is 0 Å². The third-order valence-electron chi connectivity index (χ3n) is 3.67. The quantitative estimate of drug-likeness (QED) is 0.566. The van der Waals surface area contributed by atoms with Crippen molar-refractivity contribution in [2.45, 2.75) is 38.9 Å². The zero-order valence-electron chi connectivity index (χ0n) is 11.7. The summed E-state index contributed by atoms with van der Waals surface area (Å²) in [5, 5.41) is 8.47. The average Bonchev–Trinajstić information content (AvgIpc) is 2.56. The van der Waals surface area contributed by atoms with Crippen molar-refractivity contribution in [3.8, 4) is 17.9 Å². The molecule has 0 radical (unpaired) electrons. The van der Waals surface area contributed by atoms with Crippen LogP contribution in [0.15, 0.2) is 24.3 Å². The summed E-state index contributed by atoms with van der Waals surface area (Å²) in [4.78, 5) is 0. The van der Waals surface area contributed by atoms with Crippen molar-refractivity contribution < 1.29 is 9.31 Å². The summed E-state index contributed by atoms with van der Waals surface area (Å²) in [6.07, 6.45) is 0. The van der Waals surface area contributed by atoms with Gasteiger partial charge in [0.2, 0.25) is 0 Å². The van der Waals surface area contributed by atoms with E-state index in [1.165, 1.54) is 0 Å². The Balaban J connectivity index is 2.28. The molecule has 4 heteroatoms. The molecule has 1 saturated heterocycles. The largest absolute Gasteiger partial charge is 0.494 e. The highest BCUT2D eigenvalue weighted by Crippen LogP contribution is 2.36. The maximum Gasteiger partial charge on any atom is 0.494 e. The van der Waals surface area contributed by atoms with Gasteiger partial charge < -0.3 is 9.31 Å². The monoisotopic (exact) mass is 253 g/mol. The molecule has 2 rings (SSSR count). The second-order valence-corrected chi connectivity index (χ2v) is 5.58. The van der Waals surface area contributed by atoms with Gasteiger partial charge in [-0.15, -0.1) is 0 Å². The Labute approximate surface area is 114 Å². The van der Waals surface area contributed by atoms with E-state index in [1.807, 2.05) is 58.0 Å². The first-order chi connectivity index (χ1) is 8.86. The van der Waals surface area contributed by atoms with Crippen molar-refractivity contribution >= 4 is 12.6 Å². The molecule has 0 atom stereocenters. The van der Waals surface area contributed by atoms with Crippen LogP contribution in [0.25, 0.3) is 0 Å². The lowest BCUT2D eigenvalue weighted by Gasteiger charge is -2.32. The molecule has 1 aliphatic rings. The molecular formula is C15H16BNO2. The lowest BCUT2D eigenvalue weighted by Crippen LogP contribution is -2.41. The number of hydrogen-bond donors (Lipinski definition) is 0. The Morgan fingerprint density at radius 1 is 1.11 bits per heavy atom. The highest BCUT2D eigenvalue weighted by Gasteiger charge is 2.51. The number of nitrogens with zero attached hydrogens (tertiary/aromatic N) is 1. The van der Waals surface area contributed by atoms with Gasteiger partial charge in [0.15, 0.2) is 6.07 Å². The van der Waals surface area contributed by atoms with E-state index in [1.54, 1.807) is 0 Å². The van der Waals surface area contributed by atoms with Crippen LogP contribution in [0.5, 0.6) is 0 Å². The predicted molar refractivity (Wildman–Crippen MR) is 74.6 cm³/mol. The van der Waals surface area contributed by atoms with Crippen LogP contribution in [0.2, 0.25) is 0 Å². The van der Waals surface area contributed by atoms with Crippen LogP contribution in [0.3, 0.4) is 0 Å². The minimum atomic E-state index is -0.395. The molecule has 0 N–H and O–H groups in total.